The number of rotatable bonds is 5. The zero-order valence-electron chi connectivity index (χ0n) is 15.9. The normalized spacial score (nSPS) is 10.9. The summed E-state index contributed by atoms with van der Waals surface area (Å²) in [7, 11) is 4.42. The van der Waals surface area contributed by atoms with Gasteiger partial charge < -0.3 is 15.2 Å². The number of amides is 1. The summed E-state index contributed by atoms with van der Waals surface area (Å²) in [4.78, 5) is 13.1. The number of fused-ring (bicyclic) bond motifs is 1. The van der Waals surface area contributed by atoms with Gasteiger partial charge in [-0.3, -0.25) is 4.79 Å². The predicted octanol–water partition coefficient (Wildman–Crippen LogP) is 4.62. The Morgan fingerprint density at radius 1 is 1.00 bits per heavy atom. The Balaban J connectivity index is 1.82. The lowest BCUT2D eigenvalue weighted by Crippen LogP contribution is -2.19. The van der Waals surface area contributed by atoms with E-state index in [-0.39, 0.29) is 18.3 Å². The van der Waals surface area contributed by atoms with Gasteiger partial charge in [0.05, 0.1) is 6.54 Å². The molecule has 6 heteroatoms. The van der Waals surface area contributed by atoms with Gasteiger partial charge in [0.2, 0.25) is 0 Å². The molecule has 0 fully saturated rings. The third-order valence-corrected chi connectivity index (χ3v) is 5.47. The molecule has 2 N–H and O–H groups in total. The summed E-state index contributed by atoms with van der Waals surface area (Å²) in [5.74, 6) is -0.527. The van der Waals surface area contributed by atoms with Gasteiger partial charge in [0.1, 0.15) is 11.5 Å². The van der Waals surface area contributed by atoms with Gasteiger partial charge in [-0.1, -0.05) is 30.3 Å². The molecule has 0 aliphatic carbocycles. The first-order chi connectivity index (χ1) is 14.1. The van der Waals surface area contributed by atoms with Gasteiger partial charge in [-0.25, -0.2) is 4.39 Å². The van der Waals surface area contributed by atoms with Crippen molar-refractivity contribution in [1.82, 2.24) is 4.57 Å². The van der Waals surface area contributed by atoms with Crippen molar-refractivity contribution in [3.8, 4) is 0 Å². The fraction of sp³-hybridized carbons (Fsp3) is 0.0870. The number of aromatic nitrogens is 1. The van der Waals surface area contributed by atoms with E-state index in [2.05, 4.69) is 19.9 Å². The van der Waals surface area contributed by atoms with Crippen molar-refractivity contribution in [3.05, 3.63) is 89.9 Å². The second-order valence-corrected chi connectivity index (χ2v) is 7.39. The maximum absolute atomic E-state index is 14.5. The zero-order chi connectivity index (χ0) is 20.4. The van der Waals surface area contributed by atoms with Crippen LogP contribution in [0.2, 0.25) is 0 Å². The van der Waals surface area contributed by atoms with Crippen molar-refractivity contribution < 1.29 is 9.18 Å². The number of halogens is 1. The topological polar surface area (TPSA) is 46.1 Å². The van der Waals surface area contributed by atoms with Gasteiger partial charge in [-0.2, -0.15) is 0 Å². The Morgan fingerprint density at radius 2 is 1.79 bits per heavy atom. The molecule has 0 saturated heterocycles. The van der Waals surface area contributed by atoms with Crippen LogP contribution in [0.1, 0.15) is 16.1 Å². The average molecular weight is 405 g/mol. The van der Waals surface area contributed by atoms with Crippen LogP contribution in [0.4, 0.5) is 15.8 Å². The number of nitrogens with zero attached hydrogens (tertiary/aromatic N) is 1. The van der Waals surface area contributed by atoms with E-state index in [9.17, 15) is 9.18 Å². The maximum Gasteiger partial charge on any atom is 0.272 e. The largest absolute Gasteiger partial charge is 0.388 e. The van der Waals surface area contributed by atoms with Crippen LogP contribution in [-0.2, 0) is 6.54 Å². The minimum Gasteiger partial charge on any atom is -0.388 e. The van der Waals surface area contributed by atoms with Crippen LogP contribution in [0.25, 0.3) is 10.9 Å². The van der Waals surface area contributed by atoms with Crippen LogP contribution in [0.15, 0.2) is 72.8 Å². The number of hydrogen-bond acceptors (Lipinski definition) is 2. The number of benzene rings is 3. The fourth-order valence-corrected chi connectivity index (χ4v) is 3.74. The van der Waals surface area contributed by atoms with Gasteiger partial charge in [-0.15, -0.1) is 9.24 Å². The van der Waals surface area contributed by atoms with Crippen LogP contribution < -0.4 is 15.9 Å². The zero-order valence-corrected chi connectivity index (χ0v) is 17.1. The molecule has 1 heterocycles. The molecule has 29 heavy (non-hydrogen) atoms. The maximum atomic E-state index is 14.5. The third kappa shape index (κ3) is 3.87. The molecule has 4 nitrogen and oxygen atoms in total. The van der Waals surface area contributed by atoms with Crippen LogP contribution >= 0.6 is 9.24 Å². The van der Waals surface area contributed by atoms with E-state index < -0.39 is 0 Å². The van der Waals surface area contributed by atoms with Gasteiger partial charge >= 0.3 is 0 Å². The molecule has 1 unspecified atom stereocenters. The lowest BCUT2D eigenvalue weighted by Gasteiger charge is -2.14. The van der Waals surface area contributed by atoms with Gasteiger partial charge in [-0.05, 0) is 47.8 Å². The molecule has 0 saturated carbocycles. The van der Waals surface area contributed by atoms with Crippen LogP contribution in [-0.4, -0.2) is 17.5 Å². The first-order valence-electron chi connectivity index (χ1n) is 9.27. The Hall–Kier alpha value is -3.17. The molecule has 4 rings (SSSR count). The quantitative estimate of drug-likeness (QED) is 0.476. The van der Waals surface area contributed by atoms with Crippen molar-refractivity contribution in [2.45, 2.75) is 6.54 Å². The Kier molecular flexibility index (Phi) is 5.32. The van der Waals surface area contributed by atoms with E-state index >= 15 is 0 Å². The number of nitrogens with one attached hydrogen (secondary N) is 2. The number of carbonyl (C=O) groups is 1. The van der Waals surface area contributed by atoms with Crippen LogP contribution in [0.3, 0.4) is 0 Å². The van der Waals surface area contributed by atoms with E-state index in [1.165, 1.54) is 6.07 Å². The van der Waals surface area contributed by atoms with E-state index in [0.717, 1.165) is 21.9 Å². The highest BCUT2D eigenvalue weighted by atomic mass is 31.0. The highest BCUT2D eigenvalue weighted by Crippen LogP contribution is 2.26. The molecule has 1 amide bonds. The molecule has 0 aliphatic rings. The summed E-state index contributed by atoms with van der Waals surface area (Å²) in [5.41, 5.74) is 3.55. The first-order valence-corrected chi connectivity index (χ1v) is 9.85. The van der Waals surface area contributed by atoms with E-state index in [4.69, 9.17) is 0 Å². The average Bonchev–Trinajstić information content (AvgIpc) is 3.09. The van der Waals surface area contributed by atoms with Crippen molar-refractivity contribution in [2.24, 2.45) is 0 Å². The summed E-state index contributed by atoms with van der Waals surface area (Å²) in [6.45, 7) is 0.255. The smallest absolute Gasteiger partial charge is 0.272 e. The highest BCUT2D eigenvalue weighted by molar-refractivity contribution is 7.27. The first kappa shape index (κ1) is 19.2. The summed E-state index contributed by atoms with van der Waals surface area (Å²) in [6, 6.07) is 22.0. The van der Waals surface area contributed by atoms with E-state index in [1.807, 2.05) is 72.3 Å². The second kappa shape index (κ2) is 8.06. The molecule has 1 aromatic heterocycles. The molecular formula is C23H21FN3OP. The third-order valence-electron chi connectivity index (χ3n) is 4.93. The number of carbonyl (C=O) groups excluding carboxylic acids is 1. The molecule has 0 spiro atoms. The Bertz CT molecular complexity index is 1170. The predicted molar refractivity (Wildman–Crippen MR) is 121 cm³/mol. The van der Waals surface area contributed by atoms with Crippen molar-refractivity contribution in [2.75, 3.05) is 17.7 Å². The SMILES string of the molecule is CNc1ccc2c(c1)cc(C(=O)Nc1ccccc1)n2Cc1c(F)cccc1P. The lowest BCUT2D eigenvalue weighted by molar-refractivity contribution is 0.101. The molecule has 146 valence electrons. The summed E-state index contributed by atoms with van der Waals surface area (Å²) in [5, 5.41) is 7.73. The number of anilines is 2. The van der Waals surface area contributed by atoms with Crippen molar-refractivity contribution >= 4 is 42.7 Å². The molecular weight excluding hydrogens is 384 g/mol. The Morgan fingerprint density at radius 3 is 2.52 bits per heavy atom. The summed E-state index contributed by atoms with van der Waals surface area (Å²) >= 11 is 0. The van der Waals surface area contributed by atoms with Gasteiger partial charge in [0.15, 0.2) is 0 Å². The van der Waals surface area contributed by atoms with Crippen LogP contribution in [0.5, 0.6) is 0 Å². The lowest BCUT2D eigenvalue weighted by atomic mass is 10.2. The minimum atomic E-state index is -0.291. The van der Waals surface area contributed by atoms with Gasteiger partial charge in [0.25, 0.3) is 5.91 Å². The highest BCUT2D eigenvalue weighted by Gasteiger charge is 2.18. The molecule has 0 radical (unpaired) electrons. The second-order valence-electron chi connectivity index (χ2n) is 6.77. The molecule has 0 aliphatic heterocycles. The Labute approximate surface area is 170 Å². The molecule has 1 atom stereocenters. The summed E-state index contributed by atoms with van der Waals surface area (Å²) < 4.78 is 16.4. The number of para-hydroxylation sites is 1. The standard InChI is InChI=1S/C23H21FN3OP/c1-25-17-10-11-20-15(12-17)13-21(23(28)26-16-6-3-2-4-7-16)27(20)14-18-19(24)8-5-9-22(18)29/h2-13,25H,14,29H2,1H3,(H,26,28). The van der Waals surface area contributed by atoms with E-state index in [1.54, 1.807) is 6.07 Å². The van der Waals surface area contributed by atoms with Crippen LogP contribution in [0, 0.1) is 5.82 Å². The molecule has 0 bridgehead atoms. The fourth-order valence-electron chi connectivity index (χ4n) is 3.40. The minimum absolute atomic E-state index is 0.236. The van der Waals surface area contributed by atoms with Gasteiger partial charge in [0, 0.05) is 34.9 Å². The number of hydrogen-bond donors (Lipinski definition) is 2. The molecule has 4 aromatic rings. The summed E-state index contributed by atoms with van der Waals surface area (Å²) in [6.07, 6.45) is 0. The molecule has 3 aromatic carbocycles. The van der Waals surface area contributed by atoms with E-state index in [0.29, 0.717) is 16.9 Å². The monoisotopic (exact) mass is 405 g/mol. The van der Waals surface area contributed by atoms with Crippen molar-refractivity contribution in [3.63, 3.8) is 0 Å². The van der Waals surface area contributed by atoms with Crippen molar-refractivity contribution in [1.29, 1.82) is 0 Å².